The molecule has 2 aromatic rings. The van der Waals surface area contributed by atoms with Crippen molar-refractivity contribution in [3.05, 3.63) is 46.8 Å². The number of aromatic amines is 1. The van der Waals surface area contributed by atoms with E-state index in [-0.39, 0.29) is 6.42 Å². The minimum Gasteiger partial charge on any atom is -0.385 e. The predicted octanol–water partition coefficient (Wildman–Crippen LogP) is 1.87. The Bertz CT molecular complexity index is 475. The molecule has 0 aliphatic heterocycles. The van der Waals surface area contributed by atoms with Crippen LogP contribution in [0.25, 0.3) is 0 Å². The molecule has 84 valence electrons. The molecule has 0 saturated heterocycles. The Morgan fingerprint density at radius 1 is 1.50 bits per heavy atom. The van der Waals surface area contributed by atoms with E-state index in [1.165, 1.54) is 18.5 Å². The zero-order chi connectivity index (χ0) is 11.5. The van der Waals surface area contributed by atoms with Crippen molar-refractivity contribution in [2.45, 2.75) is 12.5 Å². The van der Waals surface area contributed by atoms with Gasteiger partial charge in [-0.25, -0.2) is 9.37 Å². The highest BCUT2D eigenvalue weighted by Gasteiger charge is 2.14. The summed E-state index contributed by atoms with van der Waals surface area (Å²) in [7, 11) is 0. The Morgan fingerprint density at radius 3 is 2.94 bits per heavy atom. The second kappa shape index (κ2) is 4.59. The minimum atomic E-state index is -0.904. The molecule has 0 fully saturated rings. The van der Waals surface area contributed by atoms with E-state index in [0.29, 0.717) is 16.4 Å². The van der Waals surface area contributed by atoms with Gasteiger partial charge in [-0.3, -0.25) is 5.10 Å². The first kappa shape index (κ1) is 11.0. The average Bonchev–Trinajstić information content (AvgIpc) is 2.75. The number of benzene rings is 1. The molecule has 0 amide bonds. The second-order valence-corrected chi connectivity index (χ2v) is 3.76. The number of halogens is 2. The highest BCUT2D eigenvalue weighted by Crippen LogP contribution is 2.19. The van der Waals surface area contributed by atoms with Crippen LogP contribution in [0, 0.1) is 5.82 Å². The summed E-state index contributed by atoms with van der Waals surface area (Å²) in [6.45, 7) is 0. The fourth-order valence-corrected chi connectivity index (χ4v) is 1.53. The summed E-state index contributed by atoms with van der Waals surface area (Å²) in [5.41, 5.74) is 0.383. The smallest absolute Gasteiger partial charge is 0.153 e. The largest absolute Gasteiger partial charge is 0.385 e. The molecule has 16 heavy (non-hydrogen) atoms. The van der Waals surface area contributed by atoms with Crippen LogP contribution in [0.4, 0.5) is 4.39 Å². The van der Waals surface area contributed by atoms with Gasteiger partial charge in [-0.05, 0) is 17.7 Å². The fourth-order valence-electron chi connectivity index (χ4n) is 1.37. The van der Waals surface area contributed by atoms with E-state index in [1.54, 1.807) is 6.07 Å². The number of H-pyrrole nitrogens is 1. The molecule has 0 aliphatic carbocycles. The van der Waals surface area contributed by atoms with Crippen molar-refractivity contribution in [3.8, 4) is 0 Å². The third-order valence-electron chi connectivity index (χ3n) is 2.18. The number of nitrogens with one attached hydrogen (secondary N) is 1. The van der Waals surface area contributed by atoms with Crippen molar-refractivity contribution >= 4 is 11.6 Å². The van der Waals surface area contributed by atoms with E-state index in [2.05, 4.69) is 15.2 Å². The van der Waals surface area contributed by atoms with Crippen LogP contribution in [0.15, 0.2) is 24.5 Å². The number of rotatable bonds is 3. The zero-order valence-electron chi connectivity index (χ0n) is 8.19. The molecule has 1 atom stereocenters. The normalized spacial score (nSPS) is 12.7. The van der Waals surface area contributed by atoms with Crippen LogP contribution >= 0.6 is 11.6 Å². The third kappa shape index (κ3) is 2.37. The molecule has 0 bridgehead atoms. The maximum absolute atomic E-state index is 13.4. The maximum atomic E-state index is 13.4. The van der Waals surface area contributed by atoms with Crippen molar-refractivity contribution in [2.75, 3.05) is 0 Å². The van der Waals surface area contributed by atoms with Gasteiger partial charge < -0.3 is 5.11 Å². The number of nitrogens with zero attached hydrogens (tertiary/aromatic N) is 2. The Hall–Kier alpha value is -1.46. The summed E-state index contributed by atoms with van der Waals surface area (Å²) < 4.78 is 13.4. The predicted molar refractivity (Wildman–Crippen MR) is 56.5 cm³/mol. The van der Waals surface area contributed by atoms with Crippen molar-refractivity contribution in [1.29, 1.82) is 0 Å². The van der Waals surface area contributed by atoms with Crippen molar-refractivity contribution in [3.63, 3.8) is 0 Å². The first-order chi connectivity index (χ1) is 7.66. The van der Waals surface area contributed by atoms with Gasteiger partial charge in [0.1, 0.15) is 18.2 Å². The van der Waals surface area contributed by atoms with E-state index in [1.807, 2.05) is 0 Å². The summed E-state index contributed by atoms with van der Waals surface area (Å²) in [5.74, 6) is -0.125. The number of hydrogen-bond acceptors (Lipinski definition) is 3. The number of hydrogen-bond donors (Lipinski definition) is 2. The van der Waals surface area contributed by atoms with Gasteiger partial charge in [0.15, 0.2) is 5.82 Å². The maximum Gasteiger partial charge on any atom is 0.153 e. The van der Waals surface area contributed by atoms with Gasteiger partial charge in [0.2, 0.25) is 0 Å². The van der Waals surface area contributed by atoms with Gasteiger partial charge in [0.25, 0.3) is 0 Å². The van der Waals surface area contributed by atoms with Crippen LogP contribution in [-0.4, -0.2) is 20.3 Å². The van der Waals surface area contributed by atoms with Gasteiger partial charge in [-0.2, -0.15) is 5.10 Å². The van der Waals surface area contributed by atoms with Crippen LogP contribution in [0.3, 0.4) is 0 Å². The average molecular weight is 242 g/mol. The van der Waals surface area contributed by atoms with Crippen LogP contribution in [-0.2, 0) is 6.42 Å². The van der Waals surface area contributed by atoms with Crippen molar-refractivity contribution in [2.24, 2.45) is 0 Å². The molecule has 6 heteroatoms. The lowest BCUT2D eigenvalue weighted by Crippen LogP contribution is -2.05. The van der Waals surface area contributed by atoms with Crippen LogP contribution in [0.2, 0.25) is 5.02 Å². The quantitative estimate of drug-likeness (QED) is 0.863. The van der Waals surface area contributed by atoms with Crippen LogP contribution in [0.5, 0.6) is 0 Å². The van der Waals surface area contributed by atoms with E-state index >= 15 is 0 Å². The monoisotopic (exact) mass is 241 g/mol. The summed E-state index contributed by atoms with van der Waals surface area (Å²) in [4.78, 5) is 3.79. The van der Waals surface area contributed by atoms with Crippen molar-refractivity contribution < 1.29 is 9.50 Å². The molecule has 4 nitrogen and oxygen atoms in total. The fraction of sp³-hybridized carbons (Fsp3) is 0.200. The lowest BCUT2D eigenvalue weighted by molar-refractivity contribution is 0.167. The number of aromatic nitrogens is 3. The second-order valence-electron chi connectivity index (χ2n) is 3.33. The van der Waals surface area contributed by atoms with Gasteiger partial charge in [-0.15, -0.1) is 0 Å². The molecule has 0 aliphatic rings. The van der Waals surface area contributed by atoms with Gasteiger partial charge >= 0.3 is 0 Å². The summed E-state index contributed by atoms with van der Waals surface area (Å²) in [6.07, 6.45) is 0.507. The van der Waals surface area contributed by atoms with Crippen LogP contribution < -0.4 is 0 Å². The highest BCUT2D eigenvalue weighted by atomic mass is 35.5. The Kier molecular flexibility index (Phi) is 3.17. The van der Waals surface area contributed by atoms with Crippen LogP contribution in [0.1, 0.15) is 17.5 Å². The van der Waals surface area contributed by atoms with Gasteiger partial charge in [-0.1, -0.05) is 17.7 Å². The zero-order valence-corrected chi connectivity index (χ0v) is 8.95. The molecule has 2 N–H and O–H groups in total. The molecular weight excluding hydrogens is 233 g/mol. The summed E-state index contributed by atoms with van der Waals surface area (Å²) in [5, 5.41) is 16.2. The first-order valence-corrected chi connectivity index (χ1v) is 5.02. The highest BCUT2D eigenvalue weighted by molar-refractivity contribution is 6.30. The molecule has 0 saturated carbocycles. The molecule has 0 radical (unpaired) electrons. The Morgan fingerprint density at radius 2 is 2.31 bits per heavy atom. The third-order valence-corrected chi connectivity index (χ3v) is 2.41. The molecule has 1 aromatic heterocycles. The lowest BCUT2D eigenvalue weighted by atomic mass is 10.1. The Labute approximate surface area is 96.1 Å². The molecular formula is C10H9ClFN3O. The van der Waals surface area contributed by atoms with E-state index in [9.17, 15) is 9.50 Å². The molecule has 0 spiro atoms. The van der Waals surface area contributed by atoms with E-state index in [0.717, 1.165) is 0 Å². The van der Waals surface area contributed by atoms with Crippen molar-refractivity contribution in [1.82, 2.24) is 15.2 Å². The van der Waals surface area contributed by atoms with E-state index in [4.69, 9.17) is 11.6 Å². The van der Waals surface area contributed by atoms with E-state index < -0.39 is 11.9 Å². The van der Waals surface area contributed by atoms with Gasteiger partial charge in [0.05, 0.1) is 0 Å². The first-order valence-electron chi connectivity index (χ1n) is 4.64. The lowest BCUT2D eigenvalue weighted by Gasteiger charge is -2.08. The molecule has 1 heterocycles. The van der Waals surface area contributed by atoms with Gasteiger partial charge in [0, 0.05) is 11.4 Å². The molecule has 1 aromatic carbocycles. The molecule has 1 unspecified atom stereocenters. The molecule has 2 rings (SSSR count). The number of aliphatic hydroxyl groups excluding tert-OH is 1. The Balaban J connectivity index is 2.15. The standard InChI is InChI=1S/C10H9ClFN3O/c11-7-2-1-6(8(12)4-7)3-9(16)10-13-5-14-15-10/h1-2,4-5,9,16H,3H2,(H,13,14,15). The summed E-state index contributed by atoms with van der Waals surface area (Å²) >= 11 is 5.62. The SMILES string of the molecule is OC(Cc1ccc(Cl)cc1F)c1ncn[nH]1. The summed E-state index contributed by atoms with van der Waals surface area (Å²) in [6, 6.07) is 4.33. The minimum absolute atomic E-state index is 0.123. The topological polar surface area (TPSA) is 61.8 Å². The number of aliphatic hydroxyl groups is 1.